The van der Waals surface area contributed by atoms with E-state index >= 15 is 0 Å². The van der Waals surface area contributed by atoms with Crippen LogP contribution in [0.1, 0.15) is 41.6 Å². The van der Waals surface area contributed by atoms with E-state index in [-0.39, 0.29) is 6.61 Å². The van der Waals surface area contributed by atoms with Gasteiger partial charge in [0.15, 0.2) is 0 Å². The van der Waals surface area contributed by atoms with Crippen molar-refractivity contribution in [3.63, 3.8) is 0 Å². The summed E-state index contributed by atoms with van der Waals surface area (Å²) in [5, 5.41) is 18.0. The largest absolute Gasteiger partial charge is 0.478 e. The summed E-state index contributed by atoms with van der Waals surface area (Å²) in [5.74, 6) is -0.882. The van der Waals surface area contributed by atoms with Crippen LogP contribution in [0, 0.1) is 0 Å². The van der Waals surface area contributed by atoms with Gasteiger partial charge < -0.3 is 10.2 Å². The molecule has 2 N–H and O–H groups in total. The Morgan fingerprint density at radius 2 is 2.16 bits per heavy atom. The lowest BCUT2D eigenvalue weighted by atomic mass is 9.91. The van der Waals surface area contributed by atoms with Crippen molar-refractivity contribution in [3.05, 3.63) is 35.4 Å². The predicted molar refractivity (Wildman–Crippen MR) is 73.2 cm³/mol. The first-order valence-corrected chi connectivity index (χ1v) is 6.88. The molecule has 0 bridgehead atoms. The van der Waals surface area contributed by atoms with Gasteiger partial charge in [-0.05, 0) is 37.0 Å². The molecular weight excluding hydrogens is 242 g/mol. The Kier molecular flexibility index (Phi) is 4.93. The average molecular weight is 263 g/mol. The van der Waals surface area contributed by atoms with E-state index in [1.165, 1.54) is 19.3 Å². The van der Waals surface area contributed by atoms with Crippen LogP contribution in [0.25, 0.3) is 0 Å². The zero-order valence-corrected chi connectivity index (χ0v) is 11.1. The van der Waals surface area contributed by atoms with Crippen molar-refractivity contribution in [1.82, 2.24) is 4.90 Å². The van der Waals surface area contributed by atoms with Crippen molar-refractivity contribution < 1.29 is 15.0 Å². The van der Waals surface area contributed by atoms with Gasteiger partial charge in [0.1, 0.15) is 0 Å². The summed E-state index contributed by atoms with van der Waals surface area (Å²) < 4.78 is 0. The minimum atomic E-state index is -0.882. The third-order valence-electron chi connectivity index (χ3n) is 3.75. The third-order valence-corrected chi connectivity index (χ3v) is 3.75. The van der Waals surface area contributed by atoms with Crippen LogP contribution in [0.5, 0.6) is 0 Å². The lowest BCUT2D eigenvalue weighted by Crippen LogP contribution is -2.40. The Labute approximate surface area is 113 Å². The molecule has 1 aromatic carbocycles. The fraction of sp³-hybridized carbons (Fsp3) is 0.533. The van der Waals surface area contributed by atoms with Crippen LogP contribution in [-0.2, 0) is 6.54 Å². The maximum Gasteiger partial charge on any atom is 0.335 e. The monoisotopic (exact) mass is 263 g/mol. The molecule has 0 saturated heterocycles. The van der Waals surface area contributed by atoms with Crippen molar-refractivity contribution in [2.45, 2.75) is 38.3 Å². The van der Waals surface area contributed by atoms with Gasteiger partial charge in [-0.25, -0.2) is 4.79 Å². The summed E-state index contributed by atoms with van der Waals surface area (Å²) in [6, 6.07) is 7.72. The van der Waals surface area contributed by atoms with Crippen molar-refractivity contribution in [2.24, 2.45) is 0 Å². The van der Waals surface area contributed by atoms with E-state index in [0.717, 1.165) is 25.1 Å². The Hall–Kier alpha value is -1.39. The molecule has 1 aliphatic carbocycles. The minimum absolute atomic E-state index is 0.207. The highest BCUT2D eigenvalue weighted by atomic mass is 16.4. The molecule has 2 rings (SSSR count). The van der Waals surface area contributed by atoms with E-state index in [2.05, 4.69) is 4.90 Å². The highest BCUT2D eigenvalue weighted by Crippen LogP contribution is 2.26. The summed E-state index contributed by atoms with van der Waals surface area (Å²) >= 11 is 0. The van der Waals surface area contributed by atoms with E-state index in [0.29, 0.717) is 11.6 Å². The molecule has 0 amide bonds. The van der Waals surface area contributed by atoms with Crippen LogP contribution in [0.3, 0.4) is 0 Å². The first-order valence-electron chi connectivity index (χ1n) is 6.88. The average Bonchev–Trinajstić information content (AvgIpc) is 2.34. The molecule has 0 heterocycles. The molecule has 4 nitrogen and oxygen atoms in total. The number of benzene rings is 1. The Morgan fingerprint density at radius 1 is 1.37 bits per heavy atom. The fourth-order valence-electron chi connectivity index (χ4n) is 2.45. The minimum Gasteiger partial charge on any atom is -0.478 e. The number of nitrogens with zero attached hydrogens (tertiary/aromatic N) is 1. The number of hydrogen-bond donors (Lipinski definition) is 2. The van der Waals surface area contributed by atoms with E-state index in [9.17, 15) is 4.79 Å². The van der Waals surface area contributed by atoms with Crippen molar-refractivity contribution >= 4 is 5.97 Å². The number of aliphatic hydroxyl groups excluding tert-OH is 1. The summed E-state index contributed by atoms with van der Waals surface area (Å²) in [7, 11) is 0. The highest BCUT2D eigenvalue weighted by molar-refractivity contribution is 5.87. The molecule has 1 saturated carbocycles. The van der Waals surface area contributed by atoms with Crippen LogP contribution in [-0.4, -0.2) is 40.3 Å². The van der Waals surface area contributed by atoms with Gasteiger partial charge in [0.2, 0.25) is 0 Å². The zero-order chi connectivity index (χ0) is 13.7. The Bertz CT molecular complexity index is 429. The van der Waals surface area contributed by atoms with Crippen LogP contribution in [0.2, 0.25) is 0 Å². The second-order valence-electron chi connectivity index (χ2n) is 5.14. The molecule has 4 heteroatoms. The summed E-state index contributed by atoms with van der Waals surface area (Å²) in [6.07, 6.45) is 4.47. The van der Waals surface area contributed by atoms with Crippen LogP contribution >= 0.6 is 0 Å². The predicted octanol–water partition coefficient (Wildman–Crippen LogP) is 2.12. The number of aromatic carboxylic acids is 1. The number of carboxylic acids is 1. The third kappa shape index (κ3) is 3.78. The highest BCUT2D eigenvalue weighted by Gasteiger charge is 2.24. The molecule has 0 unspecified atom stereocenters. The maximum atomic E-state index is 11.0. The number of aliphatic hydroxyl groups is 1. The molecule has 0 spiro atoms. The van der Waals surface area contributed by atoms with E-state index in [4.69, 9.17) is 10.2 Å². The lowest BCUT2D eigenvalue weighted by molar-refractivity contribution is 0.0696. The molecule has 104 valence electrons. The van der Waals surface area contributed by atoms with Crippen molar-refractivity contribution in [1.29, 1.82) is 0 Å². The Morgan fingerprint density at radius 3 is 2.74 bits per heavy atom. The van der Waals surface area contributed by atoms with E-state index < -0.39 is 5.97 Å². The maximum absolute atomic E-state index is 11.0. The Balaban J connectivity index is 2.02. The quantitative estimate of drug-likeness (QED) is 0.791. The topological polar surface area (TPSA) is 60.8 Å². The summed E-state index contributed by atoms with van der Waals surface area (Å²) in [4.78, 5) is 13.3. The van der Waals surface area contributed by atoms with E-state index in [1.807, 2.05) is 6.07 Å². The van der Waals surface area contributed by atoms with Gasteiger partial charge in [-0.15, -0.1) is 0 Å². The lowest BCUT2D eigenvalue weighted by Gasteiger charge is -2.37. The van der Waals surface area contributed by atoms with Crippen molar-refractivity contribution in [2.75, 3.05) is 13.2 Å². The number of rotatable bonds is 7. The van der Waals surface area contributed by atoms with Crippen LogP contribution < -0.4 is 0 Å². The standard InChI is InChI=1S/C15H21NO3/c17-9-3-8-16(14-6-2-7-14)11-12-4-1-5-13(10-12)15(18)19/h1,4-5,10,14,17H,2-3,6-9,11H2,(H,18,19). The summed E-state index contributed by atoms with van der Waals surface area (Å²) in [5.41, 5.74) is 1.37. The van der Waals surface area contributed by atoms with Gasteiger partial charge in [-0.1, -0.05) is 18.6 Å². The van der Waals surface area contributed by atoms with Crippen LogP contribution in [0.4, 0.5) is 0 Å². The molecule has 1 fully saturated rings. The van der Waals surface area contributed by atoms with Crippen LogP contribution in [0.15, 0.2) is 24.3 Å². The second-order valence-corrected chi connectivity index (χ2v) is 5.14. The zero-order valence-electron chi connectivity index (χ0n) is 11.1. The van der Waals surface area contributed by atoms with Gasteiger partial charge in [0.25, 0.3) is 0 Å². The number of carbonyl (C=O) groups is 1. The molecule has 0 aromatic heterocycles. The molecule has 0 atom stereocenters. The molecule has 1 aromatic rings. The summed E-state index contributed by atoms with van der Waals surface area (Å²) in [6.45, 7) is 1.85. The second kappa shape index (κ2) is 6.68. The number of hydrogen-bond acceptors (Lipinski definition) is 3. The molecule has 19 heavy (non-hydrogen) atoms. The number of carboxylic acid groups (broad SMARTS) is 1. The van der Waals surface area contributed by atoms with Gasteiger partial charge in [0, 0.05) is 25.7 Å². The van der Waals surface area contributed by atoms with Gasteiger partial charge >= 0.3 is 5.97 Å². The molecule has 0 radical (unpaired) electrons. The fourth-order valence-corrected chi connectivity index (χ4v) is 2.45. The molecule has 1 aliphatic rings. The molecule has 0 aliphatic heterocycles. The first kappa shape index (κ1) is 14.0. The van der Waals surface area contributed by atoms with Gasteiger partial charge in [0.05, 0.1) is 5.56 Å². The van der Waals surface area contributed by atoms with Gasteiger partial charge in [-0.3, -0.25) is 4.90 Å². The van der Waals surface area contributed by atoms with Gasteiger partial charge in [-0.2, -0.15) is 0 Å². The smallest absolute Gasteiger partial charge is 0.335 e. The molecular formula is C15H21NO3. The SMILES string of the molecule is O=C(O)c1cccc(CN(CCCO)C2CCC2)c1. The van der Waals surface area contributed by atoms with Crippen molar-refractivity contribution in [3.8, 4) is 0 Å². The van der Waals surface area contributed by atoms with E-state index in [1.54, 1.807) is 18.2 Å². The first-order chi connectivity index (χ1) is 9.20. The normalized spacial score (nSPS) is 15.5.